The van der Waals surface area contributed by atoms with Crippen LogP contribution < -0.4 is 4.74 Å². The van der Waals surface area contributed by atoms with Crippen LogP contribution >= 0.6 is 0 Å². The molecular formula is C10H10O. The second-order valence-corrected chi connectivity index (χ2v) is 2.82. The molecule has 0 aromatic heterocycles. The molecule has 1 aromatic carbocycles. The minimum atomic E-state index is 0.733. The molecule has 0 radical (unpaired) electrons. The van der Waals surface area contributed by atoms with E-state index in [1.165, 1.54) is 11.1 Å². The monoisotopic (exact) mass is 146 g/mol. The Morgan fingerprint density at radius 1 is 1.27 bits per heavy atom. The van der Waals surface area contributed by atoms with Crippen molar-refractivity contribution >= 4 is 6.08 Å². The van der Waals surface area contributed by atoms with Crippen molar-refractivity contribution in [2.45, 2.75) is 6.92 Å². The van der Waals surface area contributed by atoms with Crippen molar-refractivity contribution in [2.24, 2.45) is 0 Å². The van der Waals surface area contributed by atoms with Crippen molar-refractivity contribution in [1.82, 2.24) is 0 Å². The van der Waals surface area contributed by atoms with Crippen molar-refractivity contribution in [3.8, 4) is 5.75 Å². The Hall–Kier alpha value is -1.24. The summed E-state index contributed by atoms with van der Waals surface area (Å²) in [7, 11) is 0. The number of hydrogen-bond acceptors (Lipinski definition) is 1. The summed E-state index contributed by atoms with van der Waals surface area (Å²) < 4.78 is 5.47. The van der Waals surface area contributed by atoms with Gasteiger partial charge in [0.05, 0.1) is 0 Å². The van der Waals surface area contributed by atoms with E-state index in [0.29, 0.717) is 0 Å². The van der Waals surface area contributed by atoms with Crippen LogP contribution in [0.1, 0.15) is 12.5 Å². The van der Waals surface area contributed by atoms with Gasteiger partial charge in [-0.1, -0.05) is 18.2 Å². The summed E-state index contributed by atoms with van der Waals surface area (Å²) >= 11 is 0. The first-order chi connectivity index (χ1) is 5.36. The van der Waals surface area contributed by atoms with Crippen LogP contribution in [0.4, 0.5) is 0 Å². The molecule has 1 aromatic rings. The maximum Gasteiger partial charge on any atom is 0.127 e. The van der Waals surface area contributed by atoms with E-state index in [0.717, 1.165) is 12.4 Å². The molecule has 0 saturated heterocycles. The molecule has 0 spiro atoms. The van der Waals surface area contributed by atoms with Gasteiger partial charge in [0.1, 0.15) is 12.4 Å². The molecule has 1 aliphatic heterocycles. The molecule has 0 unspecified atom stereocenters. The van der Waals surface area contributed by atoms with Gasteiger partial charge in [-0.05, 0) is 24.6 Å². The molecule has 0 bridgehead atoms. The number of ether oxygens (including phenoxy) is 1. The number of para-hydroxylation sites is 1. The lowest BCUT2D eigenvalue weighted by molar-refractivity contribution is 0.347. The van der Waals surface area contributed by atoms with Gasteiger partial charge in [-0.2, -0.15) is 0 Å². The lowest BCUT2D eigenvalue weighted by Gasteiger charge is -2.14. The van der Waals surface area contributed by atoms with E-state index in [1.807, 2.05) is 18.2 Å². The highest BCUT2D eigenvalue weighted by molar-refractivity contribution is 5.61. The van der Waals surface area contributed by atoms with Gasteiger partial charge in [-0.25, -0.2) is 0 Å². The Balaban J connectivity index is 2.51. The van der Waals surface area contributed by atoms with Gasteiger partial charge in [0.25, 0.3) is 0 Å². The van der Waals surface area contributed by atoms with Crippen LogP contribution in [0.25, 0.3) is 6.08 Å². The van der Waals surface area contributed by atoms with Gasteiger partial charge in [0.15, 0.2) is 0 Å². The number of fused-ring (bicyclic) bond motifs is 1. The molecule has 56 valence electrons. The molecule has 2 rings (SSSR count). The van der Waals surface area contributed by atoms with E-state index in [-0.39, 0.29) is 0 Å². The topological polar surface area (TPSA) is 9.23 Å². The zero-order valence-corrected chi connectivity index (χ0v) is 6.50. The maximum atomic E-state index is 5.47. The smallest absolute Gasteiger partial charge is 0.127 e. The summed E-state index contributed by atoms with van der Waals surface area (Å²) in [5.41, 5.74) is 2.47. The molecule has 1 nitrogen and oxygen atoms in total. The molecule has 0 fully saturated rings. The van der Waals surface area contributed by atoms with Crippen LogP contribution in [-0.2, 0) is 0 Å². The highest BCUT2D eigenvalue weighted by Gasteiger charge is 2.05. The number of benzene rings is 1. The lowest BCUT2D eigenvalue weighted by Crippen LogP contribution is -2.04. The van der Waals surface area contributed by atoms with Crippen LogP contribution in [0.2, 0.25) is 0 Å². The molecule has 0 aliphatic carbocycles. The fourth-order valence-corrected chi connectivity index (χ4v) is 1.23. The molecular weight excluding hydrogens is 136 g/mol. The number of rotatable bonds is 0. The van der Waals surface area contributed by atoms with Gasteiger partial charge >= 0.3 is 0 Å². The zero-order valence-electron chi connectivity index (χ0n) is 6.50. The van der Waals surface area contributed by atoms with Crippen molar-refractivity contribution in [2.75, 3.05) is 6.61 Å². The Morgan fingerprint density at radius 2 is 2.09 bits per heavy atom. The van der Waals surface area contributed by atoms with Crippen LogP contribution in [-0.4, -0.2) is 6.61 Å². The summed E-state index contributed by atoms with van der Waals surface area (Å²) in [4.78, 5) is 0. The Morgan fingerprint density at radius 3 is 3.00 bits per heavy atom. The average molecular weight is 146 g/mol. The van der Waals surface area contributed by atoms with E-state index < -0.39 is 0 Å². The summed E-state index contributed by atoms with van der Waals surface area (Å²) in [6, 6.07) is 8.08. The Kier molecular flexibility index (Phi) is 1.42. The average Bonchev–Trinajstić information content (AvgIpc) is 2.04. The van der Waals surface area contributed by atoms with E-state index in [9.17, 15) is 0 Å². The van der Waals surface area contributed by atoms with Gasteiger partial charge in [0.2, 0.25) is 0 Å². The van der Waals surface area contributed by atoms with Gasteiger partial charge < -0.3 is 4.74 Å². The van der Waals surface area contributed by atoms with Crippen molar-refractivity contribution in [3.63, 3.8) is 0 Å². The minimum absolute atomic E-state index is 0.733. The molecule has 11 heavy (non-hydrogen) atoms. The second kappa shape index (κ2) is 2.42. The Bertz CT molecular complexity index is 299. The van der Waals surface area contributed by atoms with Crippen molar-refractivity contribution in [1.29, 1.82) is 0 Å². The predicted molar refractivity (Wildman–Crippen MR) is 45.6 cm³/mol. The van der Waals surface area contributed by atoms with E-state index >= 15 is 0 Å². The molecule has 0 atom stereocenters. The molecule has 1 heteroatoms. The molecule has 0 N–H and O–H groups in total. The molecule has 0 saturated carbocycles. The van der Waals surface area contributed by atoms with Crippen LogP contribution in [0.5, 0.6) is 5.75 Å². The van der Waals surface area contributed by atoms with Crippen LogP contribution in [0.15, 0.2) is 29.8 Å². The maximum absolute atomic E-state index is 5.47. The fourth-order valence-electron chi connectivity index (χ4n) is 1.23. The third-order valence-electron chi connectivity index (χ3n) is 1.78. The van der Waals surface area contributed by atoms with E-state index in [2.05, 4.69) is 19.1 Å². The van der Waals surface area contributed by atoms with Gasteiger partial charge in [-0.3, -0.25) is 0 Å². The normalized spacial score (nSPS) is 14.8. The van der Waals surface area contributed by atoms with Crippen LogP contribution in [0.3, 0.4) is 0 Å². The largest absolute Gasteiger partial charge is 0.489 e. The SMILES string of the molecule is CC1=Cc2ccccc2OC1. The third-order valence-corrected chi connectivity index (χ3v) is 1.78. The molecule has 1 heterocycles. The molecule has 1 aliphatic rings. The van der Waals surface area contributed by atoms with Gasteiger partial charge in [-0.15, -0.1) is 0 Å². The first-order valence-electron chi connectivity index (χ1n) is 3.75. The van der Waals surface area contributed by atoms with Crippen molar-refractivity contribution < 1.29 is 4.74 Å². The quantitative estimate of drug-likeness (QED) is 0.546. The van der Waals surface area contributed by atoms with E-state index in [4.69, 9.17) is 4.74 Å². The summed E-state index contributed by atoms with van der Waals surface area (Å²) in [6.07, 6.45) is 2.17. The van der Waals surface area contributed by atoms with E-state index in [1.54, 1.807) is 0 Å². The fraction of sp³-hybridized carbons (Fsp3) is 0.200. The second-order valence-electron chi connectivity index (χ2n) is 2.82. The standard InChI is InChI=1S/C10H10O/c1-8-6-9-4-2-3-5-10(9)11-7-8/h2-6H,7H2,1H3. The highest BCUT2D eigenvalue weighted by atomic mass is 16.5. The first kappa shape index (κ1) is 6.47. The van der Waals surface area contributed by atoms with Crippen LogP contribution in [0, 0.1) is 0 Å². The summed E-state index contributed by atoms with van der Waals surface area (Å²) in [6.45, 7) is 2.81. The van der Waals surface area contributed by atoms with Gasteiger partial charge in [0, 0.05) is 5.56 Å². The predicted octanol–water partition coefficient (Wildman–Crippen LogP) is 2.48. The number of hydrogen-bond donors (Lipinski definition) is 0. The van der Waals surface area contributed by atoms with Crippen molar-refractivity contribution in [3.05, 3.63) is 35.4 Å². The first-order valence-corrected chi connectivity index (χ1v) is 3.75. The lowest BCUT2D eigenvalue weighted by atomic mass is 10.1. The Labute approximate surface area is 66.3 Å². The zero-order chi connectivity index (χ0) is 7.68. The highest BCUT2D eigenvalue weighted by Crippen LogP contribution is 2.24. The third kappa shape index (κ3) is 1.14. The summed E-state index contributed by atoms with van der Waals surface area (Å²) in [5, 5.41) is 0. The molecule has 0 amide bonds. The minimum Gasteiger partial charge on any atom is -0.489 e. The summed E-state index contributed by atoms with van der Waals surface area (Å²) in [5.74, 6) is 0.998.